The Balaban J connectivity index is 2.12. The van der Waals surface area contributed by atoms with Gasteiger partial charge in [-0.3, -0.25) is 4.79 Å². The van der Waals surface area contributed by atoms with Crippen LogP contribution in [0.25, 0.3) is 0 Å². The maximum Gasteiger partial charge on any atom is 0.253 e. The van der Waals surface area contributed by atoms with E-state index in [0.717, 1.165) is 8.95 Å². The van der Waals surface area contributed by atoms with Gasteiger partial charge in [0.05, 0.1) is 10.6 Å². The van der Waals surface area contributed by atoms with Crippen LogP contribution in [0.3, 0.4) is 0 Å². The van der Waals surface area contributed by atoms with Crippen LogP contribution in [0.4, 0.5) is 4.39 Å². The van der Waals surface area contributed by atoms with E-state index in [4.69, 9.17) is 11.6 Å². The van der Waals surface area contributed by atoms with Gasteiger partial charge in [0.1, 0.15) is 5.82 Å². The van der Waals surface area contributed by atoms with Crippen LogP contribution in [-0.2, 0) is 6.54 Å². The number of halogens is 4. The van der Waals surface area contributed by atoms with Gasteiger partial charge >= 0.3 is 0 Å². The fourth-order valence-corrected chi connectivity index (χ4v) is 2.57. The Bertz CT molecular complexity index is 664. The first-order chi connectivity index (χ1) is 9.47. The quantitative estimate of drug-likeness (QED) is 0.748. The molecule has 0 aromatic heterocycles. The molecule has 0 aliphatic carbocycles. The standard InChI is InChI=1S/C14H9Br2ClFNO/c15-9-1-4-13(17)11(6-9)14(20)19-7-8-5-10(18)2-3-12(8)16/h1-6H,7H2,(H,19,20). The van der Waals surface area contributed by atoms with Crippen LogP contribution in [0.2, 0.25) is 5.02 Å². The molecule has 0 atom stereocenters. The van der Waals surface area contributed by atoms with E-state index in [2.05, 4.69) is 37.2 Å². The molecule has 0 heterocycles. The number of carbonyl (C=O) groups is 1. The maximum atomic E-state index is 13.2. The predicted octanol–water partition coefficient (Wildman–Crippen LogP) is 4.93. The smallest absolute Gasteiger partial charge is 0.253 e. The van der Waals surface area contributed by atoms with E-state index >= 15 is 0 Å². The monoisotopic (exact) mass is 419 g/mol. The average molecular weight is 421 g/mol. The normalized spacial score (nSPS) is 10.4. The second kappa shape index (κ2) is 6.70. The third-order valence-corrected chi connectivity index (χ3v) is 4.22. The first-order valence-corrected chi connectivity index (χ1v) is 7.61. The maximum absolute atomic E-state index is 13.2. The van der Waals surface area contributed by atoms with Gasteiger partial charge in [-0.15, -0.1) is 0 Å². The van der Waals surface area contributed by atoms with Gasteiger partial charge in [0, 0.05) is 15.5 Å². The van der Waals surface area contributed by atoms with Crippen LogP contribution in [0.1, 0.15) is 15.9 Å². The van der Waals surface area contributed by atoms with Crippen LogP contribution in [0.5, 0.6) is 0 Å². The number of hydrogen-bond donors (Lipinski definition) is 1. The van der Waals surface area contributed by atoms with Crippen molar-refractivity contribution >= 4 is 49.4 Å². The number of rotatable bonds is 3. The molecule has 0 saturated carbocycles. The van der Waals surface area contributed by atoms with E-state index in [0.29, 0.717) is 16.1 Å². The van der Waals surface area contributed by atoms with Crippen LogP contribution in [0.15, 0.2) is 45.3 Å². The highest BCUT2D eigenvalue weighted by Gasteiger charge is 2.11. The Morgan fingerprint density at radius 1 is 1.20 bits per heavy atom. The second-order valence-electron chi connectivity index (χ2n) is 4.04. The van der Waals surface area contributed by atoms with Crippen LogP contribution < -0.4 is 5.32 Å². The van der Waals surface area contributed by atoms with Crippen LogP contribution >= 0.6 is 43.5 Å². The van der Waals surface area contributed by atoms with E-state index in [1.165, 1.54) is 12.1 Å². The Morgan fingerprint density at radius 2 is 1.95 bits per heavy atom. The molecule has 0 aliphatic heterocycles. The molecule has 6 heteroatoms. The molecular formula is C14H9Br2ClFNO. The molecule has 2 rings (SSSR count). The van der Waals surface area contributed by atoms with Gasteiger partial charge in [0.25, 0.3) is 5.91 Å². The summed E-state index contributed by atoms with van der Waals surface area (Å²) in [6, 6.07) is 9.34. The van der Waals surface area contributed by atoms with E-state index in [1.807, 2.05) is 0 Å². The molecule has 104 valence electrons. The molecular weight excluding hydrogens is 412 g/mol. The van der Waals surface area contributed by atoms with Crippen molar-refractivity contribution < 1.29 is 9.18 Å². The van der Waals surface area contributed by atoms with Gasteiger partial charge in [-0.1, -0.05) is 43.5 Å². The summed E-state index contributed by atoms with van der Waals surface area (Å²) < 4.78 is 14.6. The first-order valence-electron chi connectivity index (χ1n) is 5.64. The van der Waals surface area contributed by atoms with Crippen molar-refractivity contribution in [3.63, 3.8) is 0 Å². The van der Waals surface area contributed by atoms with E-state index in [9.17, 15) is 9.18 Å². The van der Waals surface area contributed by atoms with E-state index in [1.54, 1.807) is 24.3 Å². The Morgan fingerprint density at radius 3 is 2.70 bits per heavy atom. The molecule has 1 N–H and O–H groups in total. The fraction of sp³-hybridized carbons (Fsp3) is 0.0714. The Hall–Kier alpha value is -0.910. The van der Waals surface area contributed by atoms with E-state index < -0.39 is 0 Å². The number of carbonyl (C=O) groups excluding carboxylic acids is 1. The lowest BCUT2D eigenvalue weighted by molar-refractivity contribution is 0.0951. The zero-order valence-corrected chi connectivity index (χ0v) is 14.0. The van der Waals surface area contributed by atoms with Gasteiger partial charge in [-0.2, -0.15) is 0 Å². The van der Waals surface area contributed by atoms with Crippen molar-refractivity contribution in [1.82, 2.24) is 5.32 Å². The lowest BCUT2D eigenvalue weighted by Crippen LogP contribution is -2.23. The highest BCUT2D eigenvalue weighted by molar-refractivity contribution is 9.10. The average Bonchev–Trinajstić information content (AvgIpc) is 2.42. The molecule has 1 amide bonds. The molecule has 0 fully saturated rings. The molecule has 0 radical (unpaired) electrons. The minimum Gasteiger partial charge on any atom is -0.348 e. The zero-order valence-electron chi connectivity index (χ0n) is 10.1. The Kier molecular flexibility index (Phi) is 5.18. The molecule has 20 heavy (non-hydrogen) atoms. The van der Waals surface area contributed by atoms with Crippen LogP contribution in [0, 0.1) is 5.82 Å². The second-order valence-corrected chi connectivity index (χ2v) is 6.22. The molecule has 0 aliphatic rings. The summed E-state index contributed by atoms with van der Waals surface area (Å²) in [4.78, 5) is 12.1. The Labute approximate surface area is 137 Å². The number of amides is 1. The largest absolute Gasteiger partial charge is 0.348 e. The van der Waals surface area contributed by atoms with Gasteiger partial charge in [-0.25, -0.2) is 4.39 Å². The van der Waals surface area contributed by atoms with Crippen LogP contribution in [-0.4, -0.2) is 5.91 Å². The summed E-state index contributed by atoms with van der Waals surface area (Å²) >= 11 is 12.6. The molecule has 2 nitrogen and oxygen atoms in total. The van der Waals surface area contributed by atoms with Crippen molar-refractivity contribution in [3.05, 3.63) is 67.3 Å². The molecule has 2 aromatic carbocycles. The molecule has 2 aromatic rings. The number of benzene rings is 2. The number of nitrogens with one attached hydrogen (secondary N) is 1. The summed E-state index contributed by atoms with van der Waals surface area (Å²) in [7, 11) is 0. The molecule has 0 unspecified atom stereocenters. The van der Waals surface area contributed by atoms with E-state index in [-0.39, 0.29) is 18.3 Å². The highest BCUT2D eigenvalue weighted by atomic mass is 79.9. The highest BCUT2D eigenvalue weighted by Crippen LogP contribution is 2.22. The van der Waals surface area contributed by atoms with Crippen molar-refractivity contribution in [3.8, 4) is 0 Å². The minimum absolute atomic E-state index is 0.208. The van der Waals surface area contributed by atoms with Crippen molar-refractivity contribution in [2.24, 2.45) is 0 Å². The fourth-order valence-electron chi connectivity index (χ4n) is 1.62. The lowest BCUT2D eigenvalue weighted by Gasteiger charge is -2.09. The predicted molar refractivity (Wildman–Crippen MR) is 84.4 cm³/mol. The zero-order chi connectivity index (χ0) is 14.7. The summed E-state index contributed by atoms with van der Waals surface area (Å²) in [5.74, 6) is -0.662. The molecule has 0 bridgehead atoms. The van der Waals surface area contributed by atoms with Gasteiger partial charge in [0.2, 0.25) is 0 Å². The topological polar surface area (TPSA) is 29.1 Å². The van der Waals surface area contributed by atoms with Gasteiger partial charge in [0.15, 0.2) is 0 Å². The first kappa shape index (κ1) is 15.5. The molecule has 0 spiro atoms. The SMILES string of the molecule is O=C(NCc1cc(F)ccc1Br)c1cc(Br)ccc1Cl. The summed E-state index contributed by atoms with van der Waals surface area (Å²) in [5, 5.41) is 3.08. The molecule has 0 saturated heterocycles. The van der Waals surface area contributed by atoms with Crippen molar-refractivity contribution in [2.75, 3.05) is 0 Å². The minimum atomic E-state index is -0.349. The van der Waals surface area contributed by atoms with Gasteiger partial charge < -0.3 is 5.32 Å². The summed E-state index contributed by atoms with van der Waals surface area (Å²) in [6.45, 7) is 0.208. The lowest BCUT2D eigenvalue weighted by atomic mass is 10.2. The van der Waals surface area contributed by atoms with Crippen molar-refractivity contribution in [1.29, 1.82) is 0 Å². The van der Waals surface area contributed by atoms with Crippen molar-refractivity contribution in [2.45, 2.75) is 6.54 Å². The van der Waals surface area contributed by atoms with Gasteiger partial charge in [-0.05, 0) is 42.0 Å². The number of hydrogen-bond acceptors (Lipinski definition) is 1. The summed E-state index contributed by atoms with van der Waals surface area (Å²) in [6.07, 6.45) is 0. The third kappa shape index (κ3) is 3.81. The third-order valence-electron chi connectivity index (χ3n) is 2.62. The summed E-state index contributed by atoms with van der Waals surface area (Å²) in [5.41, 5.74) is 1.03.